The molecular weight excluding hydrogens is 1000 g/mol. The molecule has 0 aliphatic heterocycles. The van der Waals surface area contributed by atoms with Gasteiger partial charge in [0.2, 0.25) is 0 Å². The second-order valence-corrected chi connectivity index (χ2v) is 24.8. The number of rotatable bonds is 8. The molecule has 0 atom stereocenters. The SMILES string of the molecule is CC(C)Cc1cc(-c2[c-]cccc2)ncc1[Si](C)(C)C.CC(C)c1cccc(C(C)C)c1-n1c(-c2[c-]ccc3c2sc2nc4ccc(F)cc4cc23)nc2cc3ccccc3cc21.[Ir]. The van der Waals surface area contributed by atoms with Crippen LogP contribution in [0, 0.1) is 23.9 Å². The van der Waals surface area contributed by atoms with Crippen LogP contribution in [0.3, 0.4) is 0 Å². The number of imidazole rings is 1. The van der Waals surface area contributed by atoms with Crippen LogP contribution in [0.4, 0.5) is 4.39 Å². The summed E-state index contributed by atoms with van der Waals surface area (Å²) in [4.78, 5) is 15.9. The average Bonchev–Trinajstić information content (AvgIpc) is 3.81. The summed E-state index contributed by atoms with van der Waals surface area (Å²) in [6, 6.07) is 47.8. The Hall–Kier alpha value is -5.37. The Balaban J connectivity index is 0.000000225. The first-order chi connectivity index (χ1) is 30.2. The van der Waals surface area contributed by atoms with Crippen molar-refractivity contribution in [2.45, 2.75) is 79.4 Å². The molecule has 8 heteroatoms. The molecule has 325 valence electrons. The summed E-state index contributed by atoms with van der Waals surface area (Å²) in [6.07, 6.45) is 3.24. The second kappa shape index (κ2) is 18.2. The fourth-order valence-electron chi connectivity index (χ4n) is 8.87. The van der Waals surface area contributed by atoms with E-state index in [-0.39, 0.29) is 25.9 Å². The third-order valence-electron chi connectivity index (χ3n) is 11.9. The third-order valence-corrected chi connectivity index (χ3v) is 15.1. The normalized spacial score (nSPS) is 12.0. The monoisotopic (exact) mass is 1050 g/mol. The van der Waals surface area contributed by atoms with Gasteiger partial charge < -0.3 is 9.55 Å². The molecule has 0 unspecified atom stereocenters. The Labute approximate surface area is 395 Å². The summed E-state index contributed by atoms with van der Waals surface area (Å²) in [5.41, 5.74) is 11.1. The molecule has 0 spiro atoms. The van der Waals surface area contributed by atoms with E-state index in [4.69, 9.17) is 9.97 Å². The zero-order chi connectivity index (χ0) is 44.2. The van der Waals surface area contributed by atoms with Gasteiger partial charge in [-0.15, -0.1) is 54.1 Å². The van der Waals surface area contributed by atoms with Crippen molar-refractivity contribution in [3.05, 3.63) is 162 Å². The minimum atomic E-state index is -1.34. The van der Waals surface area contributed by atoms with Crippen molar-refractivity contribution in [1.29, 1.82) is 0 Å². The van der Waals surface area contributed by atoms with Gasteiger partial charge in [-0.1, -0.05) is 126 Å². The summed E-state index contributed by atoms with van der Waals surface area (Å²) in [5, 5.41) is 6.74. The van der Waals surface area contributed by atoms with E-state index in [0.29, 0.717) is 17.8 Å². The predicted octanol–water partition coefficient (Wildman–Crippen LogP) is 15.2. The number of hydrogen-bond acceptors (Lipinski definition) is 4. The Morgan fingerprint density at radius 3 is 2.08 bits per heavy atom. The molecule has 0 aliphatic carbocycles. The van der Waals surface area contributed by atoms with Crippen molar-refractivity contribution in [1.82, 2.24) is 19.5 Å². The van der Waals surface area contributed by atoms with Gasteiger partial charge in [0, 0.05) is 42.8 Å². The smallest absolute Gasteiger partial charge is 0.123 e. The van der Waals surface area contributed by atoms with E-state index in [1.807, 2.05) is 24.3 Å². The van der Waals surface area contributed by atoms with Crippen LogP contribution in [0.5, 0.6) is 0 Å². The molecule has 0 saturated carbocycles. The van der Waals surface area contributed by atoms with Crippen LogP contribution in [0.15, 0.2) is 128 Å². The Morgan fingerprint density at radius 2 is 1.41 bits per heavy atom. The molecule has 10 rings (SSSR count). The molecule has 6 aromatic carbocycles. The van der Waals surface area contributed by atoms with Crippen molar-refractivity contribution >= 4 is 77.6 Å². The zero-order valence-corrected chi connectivity index (χ0v) is 42.2. The molecule has 4 aromatic heterocycles. The first-order valence-electron chi connectivity index (χ1n) is 22.1. The van der Waals surface area contributed by atoms with Crippen LogP contribution in [0.1, 0.15) is 70.1 Å². The largest absolute Gasteiger partial charge is 0.333 e. The molecular formula is C56H53FIrN4SSi-2. The second-order valence-electron chi connectivity index (χ2n) is 18.8. The number of pyridine rings is 2. The summed E-state index contributed by atoms with van der Waals surface area (Å²) in [7, 11) is -1.34. The van der Waals surface area contributed by atoms with Crippen LogP contribution in [0.2, 0.25) is 19.6 Å². The number of benzene rings is 6. The summed E-state index contributed by atoms with van der Waals surface area (Å²) in [5.74, 6) is 1.92. The van der Waals surface area contributed by atoms with Gasteiger partial charge in [0.25, 0.3) is 0 Å². The Morgan fingerprint density at radius 1 is 0.688 bits per heavy atom. The van der Waals surface area contributed by atoms with Gasteiger partial charge in [-0.2, -0.15) is 11.3 Å². The van der Waals surface area contributed by atoms with E-state index < -0.39 is 8.07 Å². The molecule has 0 N–H and O–H groups in total. The summed E-state index contributed by atoms with van der Waals surface area (Å²) >= 11 is 1.65. The molecule has 4 nitrogen and oxygen atoms in total. The maximum Gasteiger partial charge on any atom is 0.123 e. The fraction of sp³-hybridized carbons (Fsp3) is 0.232. The zero-order valence-electron chi connectivity index (χ0n) is 38.0. The molecule has 0 amide bonds. The number of thiophene rings is 1. The topological polar surface area (TPSA) is 43.6 Å². The first kappa shape index (κ1) is 45.2. The minimum absolute atomic E-state index is 0. The van der Waals surface area contributed by atoms with E-state index in [9.17, 15) is 4.39 Å². The summed E-state index contributed by atoms with van der Waals surface area (Å²) in [6.45, 7) is 20.8. The van der Waals surface area contributed by atoms with Gasteiger partial charge >= 0.3 is 0 Å². The van der Waals surface area contributed by atoms with Gasteiger partial charge in [0.1, 0.15) is 10.6 Å². The van der Waals surface area contributed by atoms with Crippen LogP contribution in [-0.4, -0.2) is 27.6 Å². The average molecular weight is 1050 g/mol. The van der Waals surface area contributed by atoms with Crippen molar-refractivity contribution in [2.75, 3.05) is 0 Å². The van der Waals surface area contributed by atoms with Gasteiger partial charge in [0.15, 0.2) is 0 Å². The number of para-hydroxylation sites is 1. The predicted molar refractivity (Wildman–Crippen MR) is 269 cm³/mol. The quantitative estimate of drug-likeness (QED) is 0.113. The van der Waals surface area contributed by atoms with Crippen molar-refractivity contribution < 1.29 is 24.5 Å². The molecule has 0 saturated heterocycles. The molecule has 0 bridgehead atoms. The van der Waals surface area contributed by atoms with Crippen LogP contribution in [-0.2, 0) is 26.5 Å². The standard InChI is InChI=1S/C38H29FN3S.C18H24NSi.Ir/c1-21(2)27-11-7-12-28(22(3)4)35(27)42-34-20-24-10-6-5-9-23(24)19-33(34)40-37(42)30-14-8-13-29-31-18-25-17-26(39)15-16-32(25)41-38(31)43-36(29)30;1-14(2)11-16-12-17(15-9-7-6-8-10-15)19-13-18(16)20(3,4)5;/h5-13,15-22H,1-4H3;6-9,12-14H,11H2,1-5H3;/q2*-1;. The van der Waals surface area contributed by atoms with Gasteiger partial charge in [-0.3, -0.25) is 4.98 Å². The minimum Gasteiger partial charge on any atom is -0.333 e. The van der Waals surface area contributed by atoms with Crippen LogP contribution >= 0.6 is 11.3 Å². The third kappa shape index (κ3) is 8.74. The molecule has 10 aromatic rings. The van der Waals surface area contributed by atoms with Gasteiger partial charge in [-0.25, -0.2) is 9.37 Å². The van der Waals surface area contributed by atoms with E-state index in [2.05, 4.69) is 168 Å². The molecule has 0 aliphatic rings. The molecule has 4 heterocycles. The van der Waals surface area contributed by atoms with Crippen LogP contribution in [0.25, 0.3) is 81.3 Å². The van der Waals surface area contributed by atoms with E-state index in [1.165, 1.54) is 44.4 Å². The number of halogens is 1. The Kier molecular flexibility index (Phi) is 12.9. The fourth-order valence-corrected chi connectivity index (χ4v) is 11.6. The number of aromatic nitrogens is 4. The Bertz CT molecular complexity index is 3280. The van der Waals surface area contributed by atoms with E-state index >= 15 is 0 Å². The number of fused-ring (bicyclic) bond motifs is 6. The van der Waals surface area contributed by atoms with Gasteiger partial charge in [0.05, 0.1) is 30.4 Å². The maximum absolute atomic E-state index is 14.1. The van der Waals surface area contributed by atoms with Crippen molar-refractivity contribution in [3.63, 3.8) is 0 Å². The van der Waals surface area contributed by atoms with E-state index in [0.717, 1.165) is 71.3 Å². The molecule has 1 radical (unpaired) electrons. The maximum atomic E-state index is 14.1. The summed E-state index contributed by atoms with van der Waals surface area (Å²) < 4.78 is 17.6. The molecule has 0 fully saturated rings. The number of hydrogen-bond donors (Lipinski definition) is 0. The van der Waals surface area contributed by atoms with Crippen LogP contribution < -0.4 is 5.19 Å². The van der Waals surface area contributed by atoms with E-state index in [1.54, 1.807) is 23.5 Å². The number of nitrogens with zero attached hydrogens (tertiary/aromatic N) is 4. The molecule has 64 heavy (non-hydrogen) atoms. The van der Waals surface area contributed by atoms with Crippen molar-refractivity contribution in [2.24, 2.45) is 5.92 Å². The van der Waals surface area contributed by atoms with Crippen molar-refractivity contribution in [3.8, 4) is 28.3 Å². The first-order valence-corrected chi connectivity index (χ1v) is 26.4. The van der Waals surface area contributed by atoms with Gasteiger partial charge in [-0.05, 0) is 98.1 Å².